The first-order valence-corrected chi connectivity index (χ1v) is 10.6. The minimum absolute atomic E-state index is 0.00820. The van der Waals surface area contributed by atoms with E-state index in [9.17, 15) is 14.9 Å². The molecule has 0 radical (unpaired) electrons. The van der Waals surface area contributed by atoms with Crippen LogP contribution in [0.5, 0.6) is 0 Å². The zero-order valence-electron chi connectivity index (χ0n) is 15.7. The van der Waals surface area contributed by atoms with Gasteiger partial charge in [-0.3, -0.25) is 20.2 Å². The van der Waals surface area contributed by atoms with Gasteiger partial charge in [0, 0.05) is 22.7 Å². The first kappa shape index (κ1) is 21.0. The number of halogens is 2. The zero-order valence-corrected chi connectivity index (χ0v) is 18.0. The number of hydrogen-bond donors (Lipinski definition) is 1. The van der Waals surface area contributed by atoms with Crippen LogP contribution in [0.2, 0.25) is 10.0 Å². The maximum Gasteiger partial charge on any atom is 0.269 e. The lowest BCUT2D eigenvalue weighted by Gasteiger charge is -2.04. The largest absolute Gasteiger partial charge is 0.298 e. The van der Waals surface area contributed by atoms with Crippen molar-refractivity contribution in [2.75, 3.05) is 5.32 Å². The van der Waals surface area contributed by atoms with Gasteiger partial charge in [-0.05, 0) is 35.9 Å². The maximum absolute atomic E-state index is 12.7. The van der Waals surface area contributed by atoms with Crippen molar-refractivity contribution >= 4 is 51.3 Å². The Morgan fingerprint density at radius 2 is 1.68 bits per heavy atom. The minimum Gasteiger partial charge on any atom is -0.298 e. The number of hydrogen-bond acceptors (Lipinski definition) is 5. The van der Waals surface area contributed by atoms with Crippen molar-refractivity contribution in [3.8, 4) is 21.7 Å². The summed E-state index contributed by atoms with van der Waals surface area (Å²) in [7, 11) is 0. The molecule has 3 aromatic carbocycles. The molecule has 0 saturated heterocycles. The molecule has 1 heterocycles. The first-order valence-electron chi connectivity index (χ1n) is 9.00. The molecular weight excluding hydrogens is 457 g/mol. The highest BCUT2D eigenvalue weighted by molar-refractivity contribution is 7.19. The number of nitro groups is 1. The number of rotatable bonds is 5. The van der Waals surface area contributed by atoms with E-state index in [0.717, 1.165) is 10.4 Å². The zero-order chi connectivity index (χ0) is 22.0. The average Bonchev–Trinajstić information content (AvgIpc) is 3.18. The summed E-state index contributed by atoms with van der Waals surface area (Å²) in [6, 6.07) is 20.3. The number of non-ortho nitro benzene ring substituents is 1. The summed E-state index contributed by atoms with van der Waals surface area (Å²) in [4.78, 5) is 28.6. The molecule has 4 aromatic rings. The summed E-state index contributed by atoms with van der Waals surface area (Å²) in [5.41, 5.74) is 2.50. The number of nitrogens with zero attached hydrogens (tertiary/aromatic N) is 2. The van der Waals surface area contributed by atoms with E-state index in [1.165, 1.54) is 29.5 Å². The molecule has 0 bridgehead atoms. The van der Waals surface area contributed by atoms with Crippen LogP contribution in [0.1, 0.15) is 10.4 Å². The topological polar surface area (TPSA) is 85.1 Å². The van der Waals surface area contributed by atoms with Crippen LogP contribution in [0.25, 0.3) is 21.7 Å². The minimum atomic E-state index is -0.454. The van der Waals surface area contributed by atoms with Gasteiger partial charge in [-0.1, -0.05) is 64.9 Å². The van der Waals surface area contributed by atoms with Crippen molar-refractivity contribution in [3.63, 3.8) is 0 Å². The second kappa shape index (κ2) is 8.85. The molecule has 0 aliphatic heterocycles. The van der Waals surface area contributed by atoms with Crippen LogP contribution in [-0.2, 0) is 0 Å². The van der Waals surface area contributed by atoms with E-state index >= 15 is 0 Å². The number of thiazole rings is 1. The second-order valence-electron chi connectivity index (χ2n) is 6.45. The Labute approximate surface area is 191 Å². The molecule has 0 fully saturated rings. The summed E-state index contributed by atoms with van der Waals surface area (Å²) in [6.45, 7) is 0. The van der Waals surface area contributed by atoms with Crippen molar-refractivity contribution in [2.24, 2.45) is 0 Å². The number of benzene rings is 3. The number of nitrogens with one attached hydrogen (secondary N) is 1. The smallest absolute Gasteiger partial charge is 0.269 e. The Morgan fingerprint density at radius 3 is 2.32 bits per heavy atom. The molecule has 0 spiro atoms. The normalized spacial score (nSPS) is 10.6. The third-order valence-corrected chi connectivity index (χ3v) is 5.98. The molecule has 0 aliphatic rings. The van der Waals surface area contributed by atoms with Gasteiger partial charge < -0.3 is 0 Å². The molecule has 6 nitrogen and oxygen atoms in total. The van der Waals surface area contributed by atoms with Crippen molar-refractivity contribution in [1.82, 2.24) is 4.98 Å². The van der Waals surface area contributed by atoms with Crippen LogP contribution in [0, 0.1) is 10.1 Å². The Hall–Kier alpha value is -3.26. The third kappa shape index (κ3) is 4.59. The first-order chi connectivity index (χ1) is 14.9. The fourth-order valence-electron chi connectivity index (χ4n) is 2.93. The number of aromatic nitrogens is 1. The number of carbonyl (C=O) groups is 1. The summed E-state index contributed by atoms with van der Waals surface area (Å²) in [5, 5.41) is 14.8. The molecular formula is C22H13Cl2N3O3S. The van der Waals surface area contributed by atoms with Gasteiger partial charge in [0.15, 0.2) is 5.13 Å². The maximum atomic E-state index is 12.7. The SMILES string of the molecule is O=C(Nc1nc(-c2ccc([N+](=O)[O-])cc2)c(-c2ccccc2)s1)c1ccc(Cl)cc1Cl. The van der Waals surface area contributed by atoms with Gasteiger partial charge in [-0.25, -0.2) is 4.98 Å². The lowest BCUT2D eigenvalue weighted by molar-refractivity contribution is -0.384. The van der Waals surface area contributed by atoms with Crippen LogP contribution < -0.4 is 5.32 Å². The third-order valence-electron chi connectivity index (χ3n) is 4.41. The Balaban J connectivity index is 1.73. The second-order valence-corrected chi connectivity index (χ2v) is 8.29. The molecule has 1 amide bonds. The van der Waals surface area contributed by atoms with Gasteiger partial charge in [-0.15, -0.1) is 0 Å². The number of carbonyl (C=O) groups excluding carboxylic acids is 1. The van der Waals surface area contributed by atoms with Gasteiger partial charge in [0.2, 0.25) is 0 Å². The summed E-state index contributed by atoms with van der Waals surface area (Å²) < 4.78 is 0. The van der Waals surface area contributed by atoms with Crippen molar-refractivity contribution < 1.29 is 9.72 Å². The van der Waals surface area contributed by atoms with Crippen LogP contribution in [0.4, 0.5) is 10.8 Å². The molecule has 0 unspecified atom stereocenters. The van der Waals surface area contributed by atoms with Crippen LogP contribution >= 0.6 is 34.5 Å². The fourth-order valence-corrected chi connectivity index (χ4v) is 4.42. The van der Waals surface area contributed by atoms with Gasteiger partial charge in [-0.2, -0.15) is 0 Å². The standard InChI is InChI=1S/C22H13Cl2N3O3S/c23-15-8-11-17(18(24)12-15)21(28)26-22-25-19(13-6-9-16(10-7-13)27(29)30)20(31-22)14-4-2-1-3-5-14/h1-12H,(H,25,26,28). The molecule has 1 aromatic heterocycles. The molecule has 154 valence electrons. The molecule has 31 heavy (non-hydrogen) atoms. The predicted molar refractivity (Wildman–Crippen MR) is 124 cm³/mol. The molecule has 4 rings (SSSR count). The Kier molecular flexibility index (Phi) is 5.99. The summed E-state index contributed by atoms with van der Waals surface area (Å²) in [6.07, 6.45) is 0. The quantitative estimate of drug-likeness (QED) is 0.253. The van der Waals surface area contributed by atoms with Crippen molar-refractivity contribution in [1.29, 1.82) is 0 Å². The van der Waals surface area contributed by atoms with Gasteiger partial charge in [0.05, 0.1) is 26.1 Å². The highest BCUT2D eigenvalue weighted by Crippen LogP contribution is 2.39. The fraction of sp³-hybridized carbons (Fsp3) is 0. The average molecular weight is 470 g/mol. The van der Waals surface area contributed by atoms with E-state index in [1.54, 1.807) is 24.3 Å². The monoisotopic (exact) mass is 469 g/mol. The van der Waals surface area contributed by atoms with E-state index in [1.807, 2.05) is 30.3 Å². The summed E-state index contributed by atoms with van der Waals surface area (Å²) >= 11 is 13.3. The Bertz CT molecular complexity index is 1280. The number of anilines is 1. The molecule has 0 saturated carbocycles. The highest BCUT2D eigenvalue weighted by atomic mass is 35.5. The number of amides is 1. The van der Waals surface area contributed by atoms with E-state index in [-0.39, 0.29) is 16.3 Å². The van der Waals surface area contributed by atoms with Crippen LogP contribution in [0.3, 0.4) is 0 Å². The predicted octanol–water partition coefficient (Wildman–Crippen LogP) is 6.94. The molecule has 9 heteroatoms. The van der Waals surface area contributed by atoms with Crippen molar-refractivity contribution in [2.45, 2.75) is 0 Å². The highest BCUT2D eigenvalue weighted by Gasteiger charge is 2.19. The Morgan fingerprint density at radius 1 is 0.968 bits per heavy atom. The van der Waals surface area contributed by atoms with E-state index in [2.05, 4.69) is 10.3 Å². The van der Waals surface area contributed by atoms with Gasteiger partial charge in [0.1, 0.15) is 0 Å². The molecule has 1 N–H and O–H groups in total. The lowest BCUT2D eigenvalue weighted by Crippen LogP contribution is -2.12. The molecule has 0 aliphatic carbocycles. The lowest BCUT2D eigenvalue weighted by atomic mass is 10.1. The van der Waals surface area contributed by atoms with E-state index in [4.69, 9.17) is 23.2 Å². The summed E-state index contributed by atoms with van der Waals surface area (Å²) in [5.74, 6) is -0.412. The van der Waals surface area contributed by atoms with Crippen LogP contribution in [0.15, 0.2) is 72.8 Å². The van der Waals surface area contributed by atoms with E-state index in [0.29, 0.717) is 21.4 Å². The van der Waals surface area contributed by atoms with Gasteiger partial charge in [0.25, 0.3) is 11.6 Å². The van der Waals surface area contributed by atoms with Gasteiger partial charge >= 0.3 is 0 Å². The van der Waals surface area contributed by atoms with Crippen LogP contribution in [-0.4, -0.2) is 15.8 Å². The number of nitro benzene ring substituents is 1. The van der Waals surface area contributed by atoms with E-state index < -0.39 is 10.8 Å². The molecule has 0 atom stereocenters. The van der Waals surface area contributed by atoms with Crippen molar-refractivity contribution in [3.05, 3.63) is 98.5 Å².